The van der Waals surface area contributed by atoms with Crippen molar-refractivity contribution in [3.63, 3.8) is 0 Å². The summed E-state index contributed by atoms with van der Waals surface area (Å²) in [6.07, 6.45) is -4.63. The van der Waals surface area contributed by atoms with Gasteiger partial charge in [-0.2, -0.15) is 18.4 Å². The molecule has 0 bridgehead atoms. The molecule has 0 aliphatic heterocycles. The van der Waals surface area contributed by atoms with Crippen molar-refractivity contribution in [2.24, 2.45) is 0 Å². The van der Waals surface area contributed by atoms with E-state index in [-0.39, 0.29) is 39.0 Å². The molecule has 0 atom stereocenters. The van der Waals surface area contributed by atoms with Crippen LogP contribution in [0.5, 0.6) is 0 Å². The number of nitrogens with zero attached hydrogens (tertiary/aromatic N) is 3. The first-order valence-corrected chi connectivity index (χ1v) is 8.09. The number of nitriles is 1. The molecule has 1 N–H and O–H groups in total. The van der Waals surface area contributed by atoms with Crippen LogP contribution in [-0.2, 0) is 6.18 Å². The third-order valence-electron chi connectivity index (χ3n) is 3.35. The van der Waals surface area contributed by atoms with Crippen LogP contribution in [0.4, 0.5) is 13.2 Å². The highest BCUT2D eigenvalue weighted by Gasteiger charge is 2.33. The van der Waals surface area contributed by atoms with Crippen molar-refractivity contribution >= 4 is 29.1 Å². The molecule has 5 nitrogen and oxygen atoms in total. The Morgan fingerprint density at radius 2 is 1.85 bits per heavy atom. The number of alkyl halides is 3. The zero-order valence-corrected chi connectivity index (χ0v) is 15.4. The highest BCUT2D eigenvalue weighted by atomic mass is 35.5. The van der Waals surface area contributed by atoms with Crippen LogP contribution in [0.1, 0.15) is 41.4 Å². The predicted molar refractivity (Wildman–Crippen MR) is 90.6 cm³/mol. The molecule has 138 valence electrons. The van der Waals surface area contributed by atoms with E-state index in [4.69, 9.17) is 23.2 Å². The standard InChI is InChI=1S/C16H13Cl2F3N4O/c1-7(2)23-15(26)13-12(6-22)25(8(3)24-13)14-10(17)4-9(5-11(14)18)16(19,20)21/h4-5,7H,1-3H3,(H,23,26). The lowest BCUT2D eigenvalue weighted by Crippen LogP contribution is -2.31. The summed E-state index contributed by atoms with van der Waals surface area (Å²) in [5.74, 6) is -0.406. The van der Waals surface area contributed by atoms with Gasteiger partial charge in [-0.3, -0.25) is 9.36 Å². The van der Waals surface area contributed by atoms with Gasteiger partial charge in [-0.1, -0.05) is 23.2 Å². The van der Waals surface area contributed by atoms with Gasteiger partial charge in [-0.15, -0.1) is 0 Å². The van der Waals surface area contributed by atoms with Gasteiger partial charge in [0.25, 0.3) is 5.91 Å². The molecule has 2 aromatic rings. The summed E-state index contributed by atoms with van der Waals surface area (Å²) in [4.78, 5) is 16.3. The van der Waals surface area contributed by atoms with Crippen molar-refractivity contribution in [2.75, 3.05) is 0 Å². The minimum Gasteiger partial charge on any atom is -0.348 e. The number of hydrogen-bond donors (Lipinski definition) is 1. The van der Waals surface area contributed by atoms with E-state index in [0.29, 0.717) is 12.1 Å². The van der Waals surface area contributed by atoms with E-state index in [9.17, 15) is 23.2 Å². The van der Waals surface area contributed by atoms with Crippen molar-refractivity contribution in [3.05, 3.63) is 45.0 Å². The molecule has 0 saturated heterocycles. The monoisotopic (exact) mass is 404 g/mol. The summed E-state index contributed by atoms with van der Waals surface area (Å²) in [7, 11) is 0. The number of amides is 1. The molecule has 1 aromatic heterocycles. The van der Waals surface area contributed by atoms with E-state index in [1.807, 2.05) is 6.07 Å². The molecule has 1 heterocycles. The van der Waals surface area contributed by atoms with Crippen LogP contribution in [0.25, 0.3) is 5.69 Å². The van der Waals surface area contributed by atoms with Crippen molar-refractivity contribution in [3.8, 4) is 11.8 Å². The molecular weight excluding hydrogens is 392 g/mol. The Morgan fingerprint density at radius 3 is 2.27 bits per heavy atom. The summed E-state index contributed by atoms with van der Waals surface area (Å²) in [5, 5.41) is 11.4. The number of aromatic nitrogens is 2. The Balaban J connectivity index is 2.69. The second-order valence-electron chi connectivity index (χ2n) is 5.72. The summed E-state index contributed by atoms with van der Waals surface area (Å²) >= 11 is 12.0. The lowest BCUT2D eigenvalue weighted by molar-refractivity contribution is -0.137. The number of nitrogens with one attached hydrogen (secondary N) is 1. The molecule has 0 saturated carbocycles. The van der Waals surface area contributed by atoms with Crippen LogP contribution in [-0.4, -0.2) is 21.5 Å². The fraction of sp³-hybridized carbons (Fsp3) is 0.312. The van der Waals surface area contributed by atoms with E-state index in [0.717, 1.165) is 0 Å². The maximum absolute atomic E-state index is 12.9. The van der Waals surface area contributed by atoms with Crippen molar-refractivity contribution in [1.29, 1.82) is 5.26 Å². The van der Waals surface area contributed by atoms with E-state index in [1.165, 1.54) is 11.5 Å². The summed E-state index contributed by atoms with van der Waals surface area (Å²) in [6, 6.07) is 3.05. The van der Waals surface area contributed by atoms with Gasteiger partial charge in [0.2, 0.25) is 0 Å². The van der Waals surface area contributed by atoms with Crippen LogP contribution in [0.3, 0.4) is 0 Å². The summed E-state index contributed by atoms with van der Waals surface area (Å²) in [6.45, 7) is 4.95. The Kier molecular flexibility index (Phi) is 5.54. The fourth-order valence-electron chi connectivity index (χ4n) is 2.34. The number of benzene rings is 1. The lowest BCUT2D eigenvalue weighted by atomic mass is 10.2. The molecule has 0 unspecified atom stereocenters. The number of hydrogen-bond acceptors (Lipinski definition) is 3. The summed E-state index contributed by atoms with van der Waals surface area (Å²) < 4.78 is 39.9. The molecule has 0 aliphatic rings. The molecule has 1 amide bonds. The highest BCUT2D eigenvalue weighted by Crippen LogP contribution is 2.38. The minimum absolute atomic E-state index is 0.0496. The number of imidazole rings is 1. The predicted octanol–water partition coefficient (Wildman–Crippen LogP) is 4.52. The SMILES string of the molecule is Cc1nc(C(=O)NC(C)C)c(C#N)n1-c1c(Cl)cc(C(F)(F)F)cc1Cl. The number of carbonyl (C=O) groups excluding carboxylic acids is 1. The van der Waals surface area contributed by atoms with Crippen LogP contribution in [0.2, 0.25) is 10.0 Å². The van der Waals surface area contributed by atoms with Crippen LogP contribution < -0.4 is 5.32 Å². The maximum Gasteiger partial charge on any atom is 0.416 e. The van der Waals surface area contributed by atoms with E-state index >= 15 is 0 Å². The zero-order valence-electron chi connectivity index (χ0n) is 13.9. The second-order valence-corrected chi connectivity index (χ2v) is 6.53. The number of aryl methyl sites for hydroxylation is 1. The first kappa shape index (κ1) is 20.1. The highest BCUT2D eigenvalue weighted by molar-refractivity contribution is 6.38. The average Bonchev–Trinajstić information content (AvgIpc) is 2.82. The molecule has 0 aliphatic carbocycles. The van der Waals surface area contributed by atoms with Crippen molar-refractivity contribution in [2.45, 2.75) is 33.0 Å². The number of halogens is 5. The molecule has 2 rings (SSSR count). The van der Waals surface area contributed by atoms with Crippen molar-refractivity contribution in [1.82, 2.24) is 14.9 Å². The van der Waals surface area contributed by atoms with E-state index < -0.39 is 17.6 Å². The first-order valence-electron chi connectivity index (χ1n) is 7.34. The van der Waals surface area contributed by atoms with Crippen molar-refractivity contribution < 1.29 is 18.0 Å². The fourth-order valence-corrected chi connectivity index (χ4v) is 3.00. The Labute approximate surface area is 157 Å². The van der Waals surface area contributed by atoms with Gasteiger partial charge in [0.1, 0.15) is 11.9 Å². The van der Waals surface area contributed by atoms with E-state index in [2.05, 4.69) is 10.3 Å². The van der Waals surface area contributed by atoms with Crippen LogP contribution in [0, 0.1) is 18.3 Å². The third kappa shape index (κ3) is 3.79. The molecule has 26 heavy (non-hydrogen) atoms. The topological polar surface area (TPSA) is 70.7 Å². The quantitative estimate of drug-likeness (QED) is 0.817. The maximum atomic E-state index is 12.9. The number of carbonyl (C=O) groups is 1. The third-order valence-corrected chi connectivity index (χ3v) is 3.93. The van der Waals surface area contributed by atoms with Gasteiger partial charge in [-0.05, 0) is 32.9 Å². The largest absolute Gasteiger partial charge is 0.416 e. The van der Waals surface area contributed by atoms with Crippen LogP contribution in [0.15, 0.2) is 12.1 Å². The normalized spacial score (nSPS) is 11.5. The minimum atomic E-state index is -4.63. The van der Waals surface area contributed by atoms with Gasteiger partial charge in [0.15, 0.2) is 11.4 Å². The zero-order chi connectivity index (χ0) is 19.8. The van der Waals surface area contributed by atoms with Gasteiger partial charge < -0.3 is 5.32 Å². The molecule has 0 fully saturated rings. The molecular formula is C16H13Cl2F3N4O. The van der Waals surface area contributed by atoms with E-state index in [1.54, 1.807) is 13.8 Å². The molecule has 10 heteroatoms. The molecule has 1 aromatic carbocycles. The van der Waals surface area contributed by atoms with Gasteiger partial charge >= 0.3 is 6.18 Å². The Morgan fingerprint density at radius 1 is 1.31 bits per heavy atom. The molecule has 0 spiro atoms. The van der Waals surface area contributed by atoms with Crippen LogP contribution >= 0.6 is 23.2 Å². The average molecular weight is 405 g/mol. The second kappa shape index (κ2) is 7.17. The Bertz CT molecular complexity index is 890. The van der Waals surface area contributed by atoms with Gasteiger partial charge in [0, 0.05) is 6.04 Å². The smallest absolute Gasteiger partial charge is 0.348 e. The first-order chi connectivity index (χ1) is 12.0. The Hall–Kier alpha value is -2.24. The number of rotatable bonds is 3. The summed E-state index contributed by atoms with van der Waals surface area (Å²) in [5.41, 5.74) is -1.41. The van der Waals surface area contributed by atoms with Gasteiger partial charge in [0.05, 0.1) is 21.3 Å². The van der Waals surface area contributed by atoms with Gasteiger partial charge in [-0.25, -0.2) is 4.98 Å². The molecule has 0 radical (unpaired) electrons. The lowest BCUT2D eigenvalue weighted by Gasteiger charge is -2.14.